The third-order valence-corrected chi connectivity index (χ3v) is 5.49. The van der Waals surface area contributed by atoms with E-state index in [0.29, 0.717) is 6.04 Å². The number of likely N-dealkylation sites (N-methyl/N-ethyl adjacent to an activating group) is 1. The lowest BCUT2D eigenvalue weighted by Gasteiger charge is -2.41. The van der Waals surface area contributed by atoms with Gasteiger partial charge in [-0.25, -0.2) is 4.98 Å². The van der Waals surface area contributed by atoms with Crippen LogP contribution in [0, 0.1) is 17.8 Å². The van der Waals surface area contributed by atoms with Crippen molar-refractivity contribution >= 4 is 0 Å². The largest absolute Gasteiger partial charge is 0.349 e. The highest BCUT2D eigenvalue weighted by atomic mass is 14.9. The van der Waals surface area contributed by atoms with Crippen LogP contribution in [0.3, 0.4) is 0 Å². The molecule has 0 amide bonds. The van der Waals surface area contributed by atoms with Crippen molar-refractivity contribution in [2.24, 2.45) is 17.8 Å². The van der Waals surface area contributed by atoms with Gasteiger partial charge in [-0.2, -0.15) is 0 Å². The maximum Gasteiger partial charge on any atom is 0.107 e. The van der Waals surface area contributed by atoms with Crippen LogP contribution < -0.4 is 5.32 Å². The lowest BCUT2D eigenvalue weighted by atomic mass is 9.66. The smallest absolute Gasteiger partial charge is 0.107 e. The summed E-state index contributed by atoms with van der Waals surface area (Å²) in [5.74, 6) is 4.03. The van der Waals surface area contributed by atoms with Gasteiger partial charge >= 0.3 is 0 Å². The fourth-order valence-corrected chi connectivity index (χ4v) is 4.40. The summed E-state index contributed by atoms with van der Waals surface area (Å²) in [6.45, 7) is 0. The second-order valence-corrected chi connectivity index (χ2v) is 6.51. The Morgan fingerprint density at radius 1 is 1.26 bits per heavy atom. The molecule has 2 aliphatic carbocycles. The van der Waals surface area contributed by atoms with Gasteiger partial charge in [0.25, 0.3) is 0 Å². The van der Waals surface area contributed by atoms with Gasteiger partial charge in [0.05, 0.1) is 0 Å². The molecule has 0 bridgehead atoms. The molecule has 1 aromatic rings. The van der Waals surface area contributed by atoms with Crippen molar-refractivity contribution in [1.29, 1.82) is 0 Å². The van der Waals surface area contributed by atoms with Crippen LogP contribution in [0.5, 0.6) is 0 Å². The standard InChI is InChI=1S/C16H27N3/c1-17-15(11-16-18-8-9-19-16)14-7-6-12-4-2-3-5-13(12)10-14/h8-9,12-15,17H,2-7,10-11H2,1H3,(H,18,19). The van der Waals surface area contributed by atoms with E-state index in [4.69, 9.17) is 0 Å². The Hall–Kier alpha value is -0.830. The molecule has 2 saturated carbocycles. The van der Waals surface area contributed by atoms with Crippen LogP contribution >= 0.6 is 0 Å². The number of nitrogens with zero attached hydrogens (tertiary/aromatic N) is 1. The first-order chi connectivity index (χ1) is 9.36. The predicted molar refractivity (Wildman–Crippen MR) is 77.9 cm³/mol. The molecule has 1 heterocycles. The van der Waals surface area contributed by atoms with Gasteiger partial charge in [0, 0.05) is 24.9 Å². The molecule has 106 valence electrons. The average molecular weight is 261 g/mol. The van der Waals surface area contributed by atoms with Crippen LogP contribution in [-0.4, -0.2) is 23.1 Å². The number of aromatic amines is 1. The molecule has 2 aliphatic rings. The highest BCUT2D eigenvalue weighted by Gasteiger charge is 2.35. The van der Waals surface area contributed by atoms with Gasteiger partial charge < -0.3 is 10.3 Å². The number of hydrogen-bond donors (Lipinski definition) is 2. The zero-order chi connectivity index (χ0) is 13.1. The summed E-state index contributed by atoms with van der Waals surface area (Å²) in [5, 5.41) is 3.55. The summed E-state index contributed by atoms with van der Waals surface area (Å²) >= 11 is 0. The molecule has 3 nitrogen and oxygen atoms in total. The quantitative estimate of drug-likeness (QED) is 0.874. The molecule has 2 N–H and O–H groups in total. The number of H-pyrrole nitrogens is 1. The molecule has 1 aromatic heterocycles. The van der Waals surface area contributed by atoms with E-state index >= 15 is 0 Å². The van der Waals surface area contributed by atoms with E-state index in [-0.39, 0.29) is 0 Å². The van der Waals surface area contributed by atoms with E-state index in [9.17, 15) is 0 Å². The molecule has 0 aromatic carbocycles. The third kappa shape index (κ3) is 3.02. The van der Waals surface area contributed by atoms with Gasteiger partial charge in [0.1, 0.15) is 5.82 Å². The number of aromatic nitrogens is 2. The van der Waals surface area contributed by atoms with Crippen LogP contribution in [-0.2, 0) is 6.42 Å². The first kappa shape index (κ1) is 13.2. The molecular formula is C16H27N3. The summed E-state index contributed by atoms with van der Waals surface area (Å²) in [7, 11) is 2.11. The highest BCUT2D eigenvalue weighted by molar-refractivity contribution is 4.95. The van der Waals surface area contributed by atoms with Gasteiger partial charge in [-0.3, -0.25) is 0 Å². The maximum atomic E-state index is 4.38. The number of hydrogen-bond acceptors (Lipinski definition) is 2. The average Bonchev–Trinajstić information content (AvgIpc) is 2.97. The third-order valence-electron chi connectivity index (χ3n) is 5.49. The monoisotopic (exact) mass is 261 g/mol. The normalized spacial score (nSPS) is 32.8. The van der Waals surface area contributed by atoms with E-state index in [0.717, 1.165) is 30.0 Å². The van der Waals surface area contributed by atoms with Crippen LogP contribution in [0.15, 0.2) is 12.4 Å². The van der Waals surface area contributed by atoms with Gasteiger partial charge in [0.2, 0.25) is 0 Å². The molecular weight excluding hydrogens is 234 g/mol. The molecule has 19 heavy (non-hydrogen) atoms. The molecule has 0 radical (unpaired) electrons. The Labute approximate surface area is 116 Å². The Morgan fingerprint density at radius 2 is 2.11 bits per heavy atom. The molecule has 0 aliphatic heterocycles. The Balaban J connectivity index is 1.60. The minimum absolute atomic E-state index is 0.592. The van der Waals surface area contributed by atoms with Crippen molar-refractivity contribution in [1.82, 2.24) is 15.3 Å². The number of rotatable bonds is 4. The second kappa shape index (κ2) is 6.08. The molecule has 3 heteroatoms. The lowest BCUT2D eigenvalue weighted by Crippen LogP contribution is -2.41. The second-order valence-electron chi connectivity index (χ2n) is 6.51. The SMILES string of the molecule is CNC(Cc1ncc[nH]1)C1CCC2CCCCC2C1. The summed E-state index contributed by atoms with van der Waals surface area (Å²) in [5.41, 5.74) is 0. The van der Waals surface area contributed by atoms with Crippen molar-refractivity contribution in [3.63, 3.8) is 0 Å². The number of nitrogens with one attached hydrogen (secondary N) is 2. The molecule has 4 unspecified atom stereocenters. The summed E-state index contributed by atoms with van der Waals surface area (Å²) in [6.07, 6.45) is 15.1. The summed E-state index contributed by atoms with van der Waals surface area (Å²) < 4.78 is 0. The van der Waals surface area contributed by atoms with Gasteiger partial charge in [-0.1, -0.05) is 25.7 Å². The van der Waals surface area contributed by atoms with Gasteiger partial charge in [-0.05, 0) is 44.1 Å². The zero-order valence-electron chi connectivity index (χ0n) is 12.1. The minimum Gasteiger partial charge on any atom is -0.349 e. The van der Waals surface area contributed by atoms with E-state index in [1.807, 2.05) is 12.4 Å². The maximum absolute atomic E-state index is 4.38. The Kier molecular flexibility index (Phi) is 4.21. The fourth-order valence-electron chi connectivity index (χ4n) is 4.40. The van der Waals surface area contributed by atoms with Crippen LogP contribution in [0.4, 0.5) is 0 Å². The molecule has 0 spiro atoms. The first-order valence-corrected chi connectivity index (χ1v) is 8.02. The van der Waals surface area contributed by atoms with Gasteiger partial charge in [0.15, 0.2) is 0 Å². The lowest BCUT2D eigenvalue weighted by molar-refractivity contribution is 0.110. The van der Waals surface area contributed by atoms with E-state index < -0.39 is 0 Å². The van der Waals surface area contributed by atoms with Crippen LogP contribution in [0.1, 0.15) is 50.8 Å². The van der Waals surface area contributed by atoms with E-state index in [2.05, 4.69) is 22.3 Å². The van der Waals surface area contributed by atoms with Crippen molar-refractivity contribution in [2.45, 2.75) is 57.4 Å². The molecule has 3 rings (SSSR count). The van der Waals surface area contributed by atoms with Crippen molar-refractivity contribution in [2.75, 3.05) is 7.05 Å². The van der Waals surface area contributed by atoms with E-state index in [1.54, 1.807) is 0 Å². The van der Waals surface area contributed by atoms with Crippen molar-refractivity contribution in [3.05, 3.63) is 18.2 Å². The molecule has 0 saturated heterocycles. The first-order valence-electron chi connectivity index (χ1n) is 8.02. The summed E-state index contributed by atoms with van der Waals surface area (Å²) in [6, 6.07) is 0.592. The molecule has 4 atom stereocenters. The van der Waals surface area contributed by atoms with Crippen molar-refractivity contribution < 1.29 is 0 Å². The van der Waals surface area contributed by atoms with Crippen LogP contribution in [0.2, 0.25) is 0 Å². The minimum atomic E-state index is 0.592. The predicted octanol–water partition coefficient (Wildman–Crippen LogP) is 3.15. The summed E-state index contributed by atoms with van der Waals surface area (Å²) in [4.78, 5) is 7.63. The number of fused-ring (bicyclic) bond motifs is 1. The van der Waals surface area contributed by atoms with Gasteiger partial charge in [-0.15, -0.1) is 0 Å². The Bertz CT molecular complexity index is 373. The number of imidazole rings is 1. The van der Waals surface area contributed by atoms with Crippen LogP contribution in [0.25, 0.3) is 0 Å². The van der Waals surface area contributed by atoms with Crippen molar-refractivity contribution in [3.8, 4) is 0 Å². The Morgan fingerprint density at radius 3 is 2.84 bits per heavy atom. The topological polar surface area (TPSA) is 40.7 Å². The molecule has 2 fully saturated rings. The fraction of sp³-hybridized carbons (Fsp3) is 0.812. The zero-order valence-corrected chi connectivity index (χ0v) is 12.1. The van der Waals surface area contributed by atoms with E-state index in [1.165, 1.54) is 44.9 Å². The highest BCUT2D eigenvalue weighted by Crippen LogP contribution is 2.43.